The Balaban J connectivity index is 1.56. The first kappa shape index (κ1) is 19.5. The summed E-state index contributed by atoms with van der Waals surface area (Å²) >= 11 is 0. The summed E-state index contributed by atoms with van der Waals surface area (Å²) in [6.45, 7) is 1.06. The lowest BCUT2D eigenvalue weighted by Gasteiger charge is -2.21. The van der Waals surface area contributed by atoms with E-state index in [-0.39, 0.29) is 0 Å². The van der Waals surface area contributed by atoms with Gasteiger partial charge in [0.25, 0.3) is 0 Å². The van der Waals surface area contributed by atoms with Crippen LogP contribution in [0.4, 0.5) is 8.78 Å². The van der Waals surface area contributed by atoms with Crippen molar-refractivity contribution in [2.24, 2.45) is 4.99 Å². The monoisotopic (exact) mass is 383 g/mol. The number of guanidine groups is 1. The Labute approximate surface area is 163 Å². The minimum atomic E-state index is -0.437. The molecule has 3 aromatic rings. The molecule has 0 saturated heterocycles. The summed E-state index contributed by atoms with van der Waals surface area (Å²) in [4.78, 5) is 6.21. The van der Waals surface area contributed by atoms with Crippen LogP contribution in [-0.2, 0) is 13.0 Å². The Kier molecular flexibility index (Phi) is 6.37. The third kappa shape index (κ3) is 4.94. The van der Waals surface area contributed by atoms with Gasteiger partial charge in [-0.15, -0.1) is 0 Å². The highest BCUT2D eigenvalue weighted by Gasteiger charge is 2.10. The molecule has 3 rings (SSSR count). The maximum absolute atomic E-state index is 13.7. The molecule has 28 heavy (non-hydrogen) atoms. The van der Waals surface area contributed by atoms with Gasteiger partial charge < -0.3 is 10.2 Å². The molecule has 0 fully saturated rings. The topological polar surface area (TPSA) is 45.5 Å². The SMILES string of the molecule is CN=C(NCCc1cc(F)ccc1F)N(C)Cc1cnn(-c2ccccc2)c1. The molecule has 0 radical (unpaired) electrons. The molecule has 2 aromatic carbocycles. The molecule has 1 aromatic heterocycles. The molecule has 0 aliphatic carbocycles. The minimum Gasteiger partial charge on any atom is -0.356 e. The number of nitrogens with zero attached hydrogens (tertiary/aromatic N) is 4. The first-order chi connectivity index (χ1) is 13.6. The molecule has 0 bridgehead atoms. The standard InChI is InChI=1S/C21H23F2N5/c1-24-21(25-11-10-17-12-18(22)8-9-20(17)23)27(2)14-16-13-26-28(15-16)19-6-4-3-5-7-19/h3-9,12-13,15H,10-11,14H2,1-2H3,(H,24,25). The zero-order valence-electron chi connectivity index (χ0n) is 15.9. The zero-order valence-corrected chi connectivity index (χ0v) is 15.9. The average molecular weight is 383 g/mol. The molecule has 0 spiro atoms. The molecule has 1 heterocycles. The Morgan fingerprint density at radius 1 is 1.18 bits per heavy atom. The van der Waals surface area contributed by atoms with Gasteiger partial charge in [0, 0.05) is 38.9 Å². The van der Waals surface area contributed by atoms with Gasteiger partial charge in [-0.2, -0.15) is 5.10 Å². The van der Waals surface area contributed by atoms with E-state index in [2.05, 4.69) is 15.4 Å². The number of hydrogen-bond acceptors (Lipinski definition) is 2. The van der Waals surface area contributed by atoms with Crippen molar-refractivity contribution in [3.05, 3.63) is 83.7 Å². The molecule has 7 heteroatoms. The van der Waals surface area contributed by atoms with E-state index in [9.17, 15) is 8.78 Å². The zero-order chi connectivity index (χ0) is 19.9. The van der Waals surface area contributed by atoms with Crippen molar-refractivity contribution < 1.29 is 8.78 Å². The predicted molar refractivity (Wildman–Crippen MR) is 106 cm³/mol. The van der Waals surface area contributed by atoms with Crippen LogP contribution in [0.2, 0.25) is 0 Å². The van der Waals surface area contributed by atoms with Crippen LogP contribution in [-0.4, -0.2) is 41.3 Å². The first-order valence-corrected chi connectivity index (χ1v) is 9.01. The summed E-state index contributed by atoms with van der Waals surface area (Å²) in [7, 11) is 3.60. The van der Waals surface area contributed by atoms with Gasteiger partial charge in [0.2, 0.25) is 0 Å². The third-order valence-electron chi connectivity index (χ3n) is 4.34. The Bertz CT molecular complexity index is 937. The normalized spacial score (nSPS) is 11.5. The lowest BCUT2D eigenvalue weighted by atomic mass is 10.1. The summed E-state index contributed by atoms with van der Waals surface area (Å²) in [5, 5.41) is 7.58. The van der Waals surface area contributed by atoms with Crippen molar-refractivity contribution in [1.29, 1.82) is 0 Å². The fourth-order valence-electron chi connectivity index (χ4n) is 2.94. The Morgan fingerprint density at radius 3 is 2.71 bits per heavy atom. The van der Waals surface area contributed by atoms with Crippen LogP contribution in [0.3, 0.4) is 0 Å². The molecule has 0 saturated carbocycles. The molecule has 146 valence electrons. The maximum atomic E-state index is 13.7. The van der Waals surface area contributed by atoms with Crippen LogP contribution in [0.5, 0.6) is 0 Å². The number of halogens is 2. The largest absolute Gasteiger partial charge is 0.356 e. The van der Waals surface area contributed by atoms with Crippen LogP contribution in [0.25, 0.3) is 5.69 Å². The average Bonchev–Trinajstić information content (AvgIpc) is 3.17. The van der Waals surface area contributed by atoms with Gasteiger partial charge in [-0.05, 0) is 42.3 Å². The van der Waals surface area contributed by atoms with Crippen molar-refractivity contribution in [2.75, 3.05) is 20.6 Å². The fraction of sp³-hybridized carbons (Fsp3) is 0.238. The van der Waals surface area contributed by atoms with Crippen LogP contribution in [0.1, 0.15) is 11.1 Å². The van der Waals surface area contributed by atoms with E-state index in [1.165, 1.54) is 6.07 Å². The second-order valence-corrected chi connectivity index (χ2v) is 6.44. The molecular formula is C21H23F2N5. The number of aliphatic imine (C=N–C) groups is 1. The maximum Gasteiger partial charge on any atom is 0.193 e. The lowest BCUT2D eigenvalue weighted by Crippen LogP contribution is -2.39. The van der Waals surface area contributed by atoms with Crippen molar-refractivity contribution in [3.8, 4) is 5.69 Å². The molecule has 0 aliphatic rings. The van der Waals surface area contributed by atoms with Gasteiger partial charge >= 0.3 is 0 Å². The highest BCUT2D eigenvalue weighted by Crippen LogP contribution is 2.11. The van der Waals surface area contributed by atoms with Crippen molar-refractivity contribution in [3.63, 3.8) is 0 Å². The second kappa shape index (κ2) is 9.12. The van der Waals surface area contributed by atoms with Gasteiger partial charge in [-0.25, -0.2) is 13.5 Å². The predicted octanol–water partition coefficient (Wildman–Crippen LogP) is 3.40. The van der Waals surface area contributed by atoms with Crippen LogP contribution in [0.15, 0.2) is 65.9 Å². The smallest absolute Gasteiger partial charge is 0.193 e. The molecule has 0 amide bonds. The van der Waals surface area contributed by atoms with Gasteiger partial charge in [0.15, 0.2) is 5.96 Å². The summed E-state index contributed by atoms with van der Waals surface area (Å²) < 4.78 is 28.8. The van der Waals surface area contributed by atoms with Crippen molar-refractivity contribution >= 4 is 5.96 Å². The molecule has 0 unspecified atom stereocenters. The van der Waals surface area contributed by atoms with Gasteiger partial charge in [-0.1, -0.05) is 18.2 Å². The summed E-state index contributed by atoms with van der Waals surface area (Å²) in [6, 6.07) is 13.4. The second-order valence-electron chi connectivity index (χ2n) is 6.44. The number of para-hydroxylation sites is 1. The van der Waals surface area contributed by atoms with E-state index < -0.39 is 11.6 Å². The van der Waals surface area contributed by atoms with Gasteiger partial charge in [-0.3, -0.25) is 4.99 Å². The van der Waals surface area contributed by atoms with Gasteiger partial charge in [0.1, 0.15) is 11.6 Å². The van der Waals surface area contributed by atoms with Gasteiger partial charge in [0.05, 0.1) is 11.9 Å². The highest BCUT2D eigenvalue weighted by atomic mass is 19.1. The van der Waals surface area contributed by atoms with E-state index in [4.69, 9.17) is 0 Å². The summed E-state index contributed by atoms with van der Waals surface area (Å²) in [6.07, 6.45) is 4.16. The number of aromatic nitrogens is 2. The van der Waals surface area contributed by atoms with E-state index in [1.807, 2.05) is 59.4 Å². The van der Waals surface area contributed by atoms with E-state index in [0.29, 0.717) is 31.0 Å². The lowest BCUT2D eigenvalue weighted by molar-refractivity contribution is 0.476. The summed E-state index contributed by atoms with van der Waals surface area (Å²) in [5.41, 5.74) is 2.37. The van der Waals surface area contributed by atoms with Crippen molar-refractivity contribution in [2.45, 2.75) is 13.0 Å². The van der Waals surface area contributed by atoms with Crippen molar-refractivity contribution in [1.82, 2.24) is 20.0 Å². The van der Waals surface area contributed by atoms with E-state index in [0.717, 1.165) is 23.4 Å². The van der Waals surface area contributed by atoms with Crippen LogP contribution < -0.4 is 5.32 Å². The molecular weight excluding hydrogens is 360 g/mol. The Morgan fingerprint density at radius 2 is 1.96 bits per heavy atom. The molecule has 5 nitrogen and oxygen atoms in total. The number of hydrogen-bond donors (Lipinski definition) is 1. The molecule has 0 aliphatic heterocycles. The first-order valence-electron chi connectivity index (χ1n) is 9.01. The quantitative estimate of drug-likeness (QED) is 0.524. The highest BCUT2D eigenvalue weighted by molar-refractivity contribution is 5.79. The third-order valence-corrected chi connectivity index (χ3v) is 4.34. The molecule has 0 atom stereocenters. The van der Waals surface area contributed by atoms with Crippen LogP contribution >= 0.6 is 0 Å². The molecule has 1 N–H and O–H groups in total. The number of nitrogens with one attached hydrogen (secondary N) is 1. The van der Waals surface area contributed by atoms with Crippen LogP contribution in [0, 0.1) is 11.6 Å². The fourth-order valence-corrected chi connectivity index (χ4v) is 2.94. The number of benzene rings is 2. The summed E-state index contributed by atoms with van der Waals surface area (Å²) in [5.74, 6) is -0.169. The minimum absolute atomic E-state index is 0.342. The van der Waals surface area contributed by atoms with E-state index in [1.54, 1.807) is 7.05 Å². The van der Waals surface area contributed by atoms with E-state index >= 15 is 0 Å². The Hall–Kier alpha value is -3.22. The number of rotatable bonds is 6.